The number of ether oxygens (including phenoxy) is 1. The molecule has 1 aliphatic rings. The Labute approximate surface area is 233 Å². The van der Waals surface area contributed by atoms with E-state index in [1.165, 1.54) is 0 Å². The molecular formula is C26H39Cl2N3O5S. The van der Waals surface area contributed by atoms with Crippen LogP contribution in [0.25, 0.3) is 0 Å². The highest BCUT2D eigenvalue weighted by molar-refractivity contribution is 7.99. The Morgan fingerprint density at radius 2 is 1.86 bits per heavy atom. The van der Waals surface area contributed by atoms with Gasteiger partial charge in [0.2, 0.25) is 0 Å². The fourth-order valence-electron chi connectivity index (χ4n) is 3.42. The van der Waals surface area contributed by atoms with Gasteiger partial charge in [0.15, 0.2) is 0 Å². The minimum atomic E-state index is -0.883. The van der Waals surface area contributed by atoms with Crippen molar-refractivity contribution in [3.63, 3.8) is 0 Å². The number of carboxylic acid groups (broad SMARTS) is 2. The van der Waals surface area contributed by atoms with Gasteiger partial charge in [0.1, 0.15) is 12.4 Å². The molecule has 2 atom stereocenters. The van der Waals surface area contributed by atoms with Crippen LogP contribution in [-0.4, -0.2) is 51.6 Å². The van der Waals surface area contributed by atoms with Crippen LogP contribution in [0, 0.1) is 5.92 Å². The number of unbranched alkanes of at least 4 members (excludes halogenated alkanes) is 1. The van der Waals surface area contributed by atoms with Gasteiger partial charge in [-0.25, -0.2) is 0 Å². The number of rotatable bonds is 15. The van der Waals surface area contributed by atoms with Crippen LogP contribution in [0.1, 0.15) is 51.0 Å². The largest absolute Gasteiger partial charge is 0.488 e. The monoisotopic (exact) mass is 575 g/mol. The number of anilines is 1. The summed E-state index contributed by atoms with van der Waals surface area (Å²) in [5.41, 5.74) is 20.0. The smallest absolute Gasteiger partial charge is 0.303 e. The van der Waals surface area contributed by atoms with E-state index in [2.05, 4.69) is 0 Å². The molecule has 0 aromatic heterocycles. The van der Waals surface area contributed by atoms with Gasteiger partial charge in [-0.05, 0) is 61.3 Å². The molecule has 208 valence electrons. The zero-order valence-corrected chi connectivity index (χ0v) is 23.6. The molecule has 0 spiro atoms. The predicted octanol–water partition coefficient (Wildman–Crippen LogP) is 4.94. The lowest BCUT2D eigenvalue weighted by Gasteiger charge is -2.31. The van der Waals surface area contributed by atoms with Gasteiger partial charge in [0.25, 0.3) is 0 Å². The molecule has 1 aliphatic carbocycles. The summed E-state index contributed by atoms with van der Waals surface area (Å²) in [5, 5.41) is 17.4. The number of halogens is 2. The average molecular weight is 577 g/mol. The standard InChI is InChI=1S/C21H29Cl2N3O3S.C5H10O2/c22-20-18(29-11-14-1-3-17(26)4-2-14)7-16(9-21(20,23)13-25)12-30-6-5-15(10-24)8-19(27)28;1-2-3-4-5(6)7/h1-4,7,15H,5-6,8-13,24-26H2,(H,27,28);2-4H2,1H3,(H,6,7). The number of benzene rings is 1. The van der Waals surface area contributed by atoms with Crippen molar-refractivity contribution in [3.05, 3.63) is 52.3 Å². The molecule has 1 aromatic rings. The Balaban J connectivity index is 0.000000856. The summed E-state index contributed by atoms with van der Waals surface area (Å²) >= 11 is 14.9. The van der Waals surface area contributed by atoms with Crippen LogP contribution >= 0.6 is 35.0 Å². The zero-order chi connectivity index (χ0) is 27.8. The molecule has 2 rings (SSSR count). The Morgan fingerprint density at radius 1 is 1.19 bits per heavy atom. The number of allylic oxidation sites excluding steroid dienone is 1. The molecule has 0 saturated carbocycles. The van der Waals surface area contributed by atoms with E-state index in [-0.39, 0.29) is 18.9 Å². The van der Waals surface area contributed by atoms with E-state index in [0.717, 1.165) is 41.9 Å². The second kappa shape index (κ2) is 17.6. The zero-order valence-electron chi connectivity index (χ0n) is 21.3. The fraction of sp³-hybridized carbons (Fsp3) is 0.538. The minimum absolute atomic E-state index is 0.0142. The van der Waals surface area contributed by atoms with Crippen molar-refractivity contribution in [2.24, 2.45) is 17.4 Å². The van der Waals surface area contributed by atoms with Crippen molar-refractivity contribution in [2.45, 2.75) is 56.9 Å². The maximum absolute atomic E-state index is 10.9. The molecule has 37 heavy (non-hydrogen) atoms. The van der Waals surface area contributed by atoms with E-state index >= 15 is 0 Å². The molecule has 0 aliphatic heterocycles. The third kappa shape index (κ3) is 12.9. The third-order valence-electron chi connectivity index (χ3n) is 5.65. The first-order chi connectivity index (χ1) is 17.5. The van der Waals surface area contributed by atoms with Crippen molar-refractivity contribution in [2.75, 3.05) is 30.3 Å². The molecule has 1 aromatic carbocycles. The van der Waals surface area contributed by atoms with E-state index in [0.29, 0.717) is 42.5 Å². The molecule has 8 nitrogen and oxygen atoms in total. The summed E-state index contributed by atoms with van der Waals surface area (Å²) < 4.78 is 5.95. The number of nitrogen functional groups attached to an aromatic ring is 1. The number of hydrogen-bond acceptors (Lipinski definition) is 7. The van der Waals surface area contributed by atoms with Gasteiger partial charge in [-0.1, -0.05) is 42.7 Å². The van der Waals surface area contributed by atoms with Crippen LogP contribution in [0.3, 0.4) is 0 Å². The lowest BCUT2D eigenvalue weighted by molar-refractivity contribution is -0.138. The van der Waals surface area contributed by atoms with Gasteiger partial charge < -0.3 is 32.2 Å². The van der Waals surface area contributed by atoms with Crippen molar-refractivity contribution >= 4 is 52.6 Å². The van der Waals surface area contributed by atoms with E-state index in [1.807, 2.05) is 37.3 Å². The minimum Gasteiger partial charge on any atom is -0.488 e. The number of carboxylic acids is 2. The molecule has 0 saturated heterocycles. The molecule has 0 amide bonds. The van der Waals surface area contributed by atoms with Crippen LogP contribution in [0.4, 0.5) is 5.69 Å². The van der Waals surface area contributed by atoms with Gasteiger partial charge in [-0.2, -0.15) is 11.8 Å². The number of alkyl halides is 1. The molecule has 11 heteroatoms. The van der Waals surface area contributed by atoms with Crippen molar-refractivity contribution in [3.8, 4) is 0 Å². The first-order valence-corrected chi connectivity index (χ1v) is 14.1. The van der Waals surface area contributed by atoms with E-state index in [9.17, 15) is 9.59 Å². The Hall–Kier alpha value is -1.91. The second-order valence-corrected chi connectivity index (χ2v) is 11.1. The van der Waals surface area contributed by atoms with Crippen molar-refractivity contribution < 1.29 is 24.5 Å². The summed E-state index contributed by atoms with van der Waals surface area (Å²) in [6, 6.07) is 7.43. The van der Waals surface area contributed by atoms with Gasteiger partial charge in [-0.15, -0.1) is 11.6 Å². The van der Waals surface area contributed by atoms with Gasteiger partial charge >= 0.3 is 11.9 Å². The third-order valence-corrected chi connectivity index (χ3v) is 7.87. The molecular weight excluding hydrogens is 537 g/mol. The van der Waals surface area contributed by atoms with Crippen LogP contribution in [0.5, 0.6) is 0 Å². The maximum Gasteiger partial charge on any atom is 0.303 e. The lowest BCUT2D eigenvalue weighted by Crippen LogP contribution is -2.36. The Bertz CT molecular complexity index is 927. The molecule has 8 N–H and O–H groups in total. The molecule has 0 radical (unpaired) electrons. The molecule has 0 heterocycles. The number of carbonyl (C=O) groups is 2. The highest BCUT2D eigenvalue weighted by Crippen LogP contribution is 2.41. The van der Waals surface area contributed by atoms with Crippen LogP contribution in [0.15, 0.2) is 46.7 Å². The first-order valence-electron chi connectivity index (χ1n) is 12.2. The van der Waals surface area contributed by atoms with Crippen LogP contribution < -0.4 is 17.2 Å². The average Bonchev–Trinajstić information content (AvgIpc) is 2.86. The fourth-order valence-corrected chi connectivity index (χ4v) is 5.03. The Morgan fingerprint density at radius 3 is 2.38 bits per heavy atom. The molecule has 0 fully saturated rings. The summed E-state index contributed by atoms with van der Waals surface area (Å²) in [6.45, 7) is 2.88. The number of aliphatic carboxylic acids is 2. The second-order valence-electron chi connectivity index (χ2n) is 8.90. The molecule has 2 unspecified atom stereocenters. The maximum atomic E-state index is 10.9. The number of hydrogen-bond donors (Lipinski definition) is 5. The first kappa shape index (κ1) is 33.1. The number of nitrogens with two attached hydrogens (primary N) is 3. The van der Waals surface area contributed by atoms with Gasteiger partial charge in [0, 0.05) is 30.8 Å². The van der Waals surface area contributed by atoms with E-state index in [1.54, 1.807) is 11.8 Å². The van der Waals surface area contributed by atoms with Gasteiger partial charge in [-0.3, -0.25) is 9.59 Å². The van der Waals surface area contributed by atoms with E-state index < -0.39 is 16.8 Å². The van der Waals surface area contributed by atoms with Crippen LogP contribution in [0.2, 0.25) is 0 Å². The number of thioether (sulfide) groups is 1. The summed E-state index contributed by atoms with van der Waals surface area (Å²) in [6.07, 6.45) is 5.40. The lowest BCUT2D eigenvalue weighted by atomic mass is 9.93. The summed E-state index contributed by atoms with van der Waals surface area (Å²) in [7, 11) is 0. The van der Waals surface area contributed by atoms with Crippen molar-refractivity contribution in [1.29, 1.82) is 0 Å². The topological polar surface area (TPSA) is 162 Å². The highest BCUT2D eigenvalue weighted by atomic mass is 35.5. The molecule has 0 bridgehead atoms. The van der Waals surface area contributed by atoms with Gasteiger partial charge in [0.05, 0.1) is 9.91 Å². The van der Waals surface area contributed by atoms with E-state index in [4.69, 9.17) is 55.4 Å². The van der Waals surface area contributed by atoms with Crippen molar-refractivity contribution in [1.82, 2.24) is 0 Å². The predicted molar refractivity (Wildman–Crippen MR) is 153 cm³/mol. The quantitative estimate of drug-likeness (QED) is 0.111. The highest BCUT2D eigenvalue weighted by Gasteiger charge is 2.36. The SMILES string of the molecule is CCCCC(=O)O.NCC(CCSCC1=CC(OCc2ccc(N)cc2)=C(Cl)C(Cl)(CN)C1)CC(=O)O. The normalized spacial score (nSPS) is 17.9. The summed E-state index contributed by atoms with van der Waals surface area (Å²) in [5.74, 6) is 0.548. The summed E-state index contributed by atoms with van der Waals surface area (Å²) in [4.78, 5) is 19.7. The Kier molecular flexibility index (Phi) is 15.7. The van der Waals surface area contributed by atoms with Crippen LogP contribution in [-0.2, 0) is 20.9 Å².